The second-order valence-corrected chi connectivity index (χ2v) is 6.20. The number of rotatable bonds is 6. The van der Waals surface area contributed by atoms with Crippen molar-refractivity contribution in [3.63, 3.8) is 0 Å². The second kappa shape index (κ2) is 7.99. The standard InChI is InChI=1S/C13H19Br2N3O/c1-9-6-10(14)13(11(15)7-9)17-12(19)8-18(3)5-4-16-2/h6-7,16H,4-5,8H2,1-3H3,(H,17,19). The highest BCUT2D eigenvalue weighted by Crippen LogP contribution is 2.32. The van der Waals surface area contributed by atoms with Crippen molar-refractivity contribution in [2.45, 2.75) is 6.92 Å². The Morgan fingerprint density at radius 3 is 2.42 bits per heavy atom. The van der Waals surface area contributed by atoms with E-state index in [1.165, 1.54) is 0 Å². The number of nitrogens with one attached hydrogen (secondary N) is 2. The first-order valence-electron chi connectivity index (χ1n) is 6.02. The molecule has 0 spiro atoms. The van der Waals surface area contributed by atoms with Crippen molar-refractivity contribution < 1.29 is 4.79 Å². The molecule has 1 amide bonds. The lowest BCUT2D eigenvalue weighted by molar-refractivity contribution is -0.117. The molecule has 0 radical (unpaired) electrons. The highest BCUT2D eigenvalue weighted by Gasteiger charge is 2.11. The first-order valence-corrected chi connectivity index (χ1v) is 7.61. The third kappa shape index (κ3) is 5.60. The van der Waals surface area contributed by atoms with Crippen molar-refractivity contribution >= 4 is 43.5 Å². The lowest BCUT2D eigenvalue weighted by Gasteiger charge is -2.17. The summed E-state index contributed by atoms with van der Waals surface area (Å²) in [6.07, 6.45) is 0. The summed E-state index contributed by atoms with van der Waals surface area (Å²) in [5.74, 6) is -0.0242. The molecule has 4 nitrogen and oxygen atoms in total. The van der Waals surface area contributed by atoms with E-state index in [0.29, 0.717) is 6.54 Å². The van der Waals surface area contributed by atoms with Gasteiger partial charge in [-0.15, -0.1) is 0 Å². The van der Waals surface area contributed by atoms with Crippen molar-refractivity contribution in [1.29, 1.82) is 0 Å². The first-order chi connectivity index (χ1) is 8.93. The van der Waals surface area contributed by atoms with Gasteiger partial charge in [0.1, 0.15) is 0 Å². The van der Waals surface area contributed by atoms with E-state index in [0.717, 1.165) is 33.3 Å². The zero-order chi connectivity index (χ0) is 14.4. The molecule has 1 rings (SSSR count). The van der Waals surface area contributed by atoms with Crippen LogP contribution in [0.15, 0.2) is 21.1 Å². The van der Waals surface area contributed by atoms with Crippen LogP contribution in [0.25, 0.3) is 0 Å². The molecule has 0 aliphatic rings. The number of benzene rings is 1. The van der Waals surface area contributed by atoms with Gasteiger partial charge >= 0.3 is 0 Å². The Kier molecular flexibility index (Phi) is 6.99. The van der Waals surface area contributed by atoms with Crippen LogP contribution in [0.1, 0.15) is 5.56 Å². The van der Waals surface area contributed by atoms with Gasteiger partial charge in [0.25, 0.3) is 0 Å². The van der Waals surface area contributed by atoms with Crippen LogP contribution in [-0.4, -0.2) is 44.5 Å². The molecular formula is C13H19Br2N3O. The largest absolute Gasteiger partial charge is 0.323 e. The lowest BCUT2D eigenvalue weighted by atomic mass is 10.2. The van der Waals surface area contributed by atoms with Crippen LogP contribution in [0.2, 0.25) is 0 Å². The average molecular weight is 393 g/mol. The van der Waals surface area contributed by atoms with E-state index in [2.05, 4.69) is 42.5 Å². The van der Waals surface area contributed by atoms with Crippen LogP contribution in [0.3, 0.4) is 0 Å². The molecule has 6 heteroatoms. The number of amides is 1. The summed E-state index contributed by atoms with van der Waals surface area (Å²) >= 11 is 6.93. The fraction of sp³-hybridized carbons (Fsp3) is 0.462. The fourth-order valence-corrected chi connectivity index (χ4v) is 3.24. The number of nitrogens with zero attached hydrogens (tertiary/aromatic N) is 1. The molecule has 0 bridgehead atoms. The molecule has 1 aromatic rings. The summed E-state index contributed by atoms with van der Waals surface area (Å²) < 4.78 is 1.76. The molecule has 0 aliphatic heterocycles. The summed E-state index contributed by atoms with van der Waals surface area (Å²) in [5.41, 5.74) is 1.90. The van der Waals surface area contributed by atoms with E-state index in [9.17, 15) is 4.79 Å². The Bertz CT molecular complexity index is 429. The van der Waals surface area contributed by atoms with Gasteiger partial charge in [-0.2, -0.15) is 0 Å². The minimum absolute atomic E-state index is 0.0242. The van der Waals surface area contributed by atoms with Gasteiger partial charge in [-0.1, -0.05) is 0 Å². The number of hydrogen-bond acceptors (Lipinski definition) is 3. The number of likely N-dealkylation sites (N-methyl/N-ethyl adjacent to an activating group) is 2. The predicted molar refractivity (Wildman–Crippen MR) is 86.6 cm³/mol. The van der Waals surface area contributed by atoms with Gasteiger partial charge in [0, 0.05) is 22.0 Å². The average Bonchev–Trinajstić information content (AvgIpc) is 2.31. The van der Waals surface area contributed by atoms with Crippen LogP contribution < -0.4 is 10.6 Å². The Balaban J connectivity index is 2.62. The van der Waals surface area contributed by atoms with Crippen molar-refractivity contribution in [3.8, 4) is 0 Å². The summed E-state index contributed by atoms with van der Waals surface area (Å²) in [5, 5.41) is 5.98. The number of anilines is 1. The molecular weight excluding hydrogens is 374 g/mol. The van der Waals surface area contributed by atoms with E-state index in [1.54, 1.807) is 0 Å². The summed E-state index contributed by atoms with van der Waals surface area (Å²) in [6.45, 7) is 4.07. The van der Waals surface area contributed by atoms with Gasteiger partial charge in [-0.25, -0.2) is 0 Å². The molecule has 106 valence electrons. The van der Waals surface area contributed by atoms with Crippen LogP contribution in [0, 0.1) is 6.92 Å². The van der Waals surface area contributed by atoms with E-state index in [1.807, 2.05) is 38.1 Å². The second-order valence-electron chi connectivity index (χ2n) is 4.49. The van der Waals surface area contributed by atoms with E-state index in [-0.39, 0.29) is 5.91 Å². The van der Waals surface area contributed by atoms with Crippen molar-refractivity contribution in [1.82, 2.24) is 10.2 Å². The van der Waals surface area contributed by atoms with E-state index in [4.69, 9.17) is 0 Å². The molecule has 2 N–H and O–H groups in total. The predicted octanol–water partition coefficient (Wildman–Crippen LogP) is 2.61. The maximum absolute atomic E-state index is 12.0. The summed E-state index contributed by atoms with van der Waals surface area (Å²) in [6, 6.07) is 3.95. The van der Waals surface area contributed by atoms with Crippen LogP contribution in [0.4, 0.5) is 5.69 Å². The van der Waals surface area contributed by atoms with Gasteiger partial charge in [-0.3, -0.25) is 9.69 Å². The molecule has 0 aromatic heterocycles. The minimum Gasteiger partial charge on any atom is -0.323 e. The van der Waals surface area contributed by atoms with Crippen molar-refractivity contribution in [2.75, 3.05) is 39.0 Å². The van der Waals surface area contributed by atoms with Crippen LogP contribution in [-0.2, 0) is 4.79 Å². The number of hydrogen-bond donors (Lipinski definition) is 2. The molecule has 0 saturated heterocycles. The quantitative estimate of drug-likeness (QED) is 0.782. The molecule has 0 heterocycles. The number of halogens is 2. The maximum Gasteiger partial charge on any atom is 0.238 e. The highest BCUT2D eigenvalue weighted by atomic mass is 79.9. The Hall–Kier alpha value is -0.430. The molecule has 0 aliphatic carbocycles. The third-order valence-electron chi connectivity index (χ3n) is 2.61. The molecule has 0 atom stereocenters. The van der Waals surface area contributed by atoms with Crippen molar-refractivity contribution in [3.05, 3.63) is 26.6 Å². The zero-order valence-electron chi connectivity index (χ0n) is 11.4. The Morgan fingerprint density at radius 2 is 1.89 bits per heavy atom. The molecule has 19 heavy (non-hydrogen) atoms. The SMILES string of the molecule is CNCCN(C)CC(=O)Nc1c(Br)cc(C)cc1Br. The monoisotopic (exact) mass is 391 g/mol. The van der Waals surface area contributed by atoms with Crippen molar-refractivity contribution in [2.24, 2.45) is 0 Å². The summed E-state index contributed by atoms with van der Waals surface area (Å²) in [7, 11) is 3.82. The number of aryl methyl sites for hydroxylation is 1. The normalized spacial score (nSPS) is 10.8. The molecule has 0 unspecified atom stereocenters. The Morgan fingerprint density at radius 1 is 1.32 bits per heavy atom. The zero-order valence-corrected chi connectivity index (χ0v) is 14.6. The molecule has 0 fully saturated rings. The first kappa shape index (κ1) is 16.6. The topological polar surface area (TPSA) is 44.4 Å². The molecule has 0 saturated carbocycles. The van der Waals surface area contributed by atoms with Crippen LogP contribution >= 0.6 is 31.9 Å². The number of carbonyl (C=O) groups excluding carboxylic acids is 1. The highest BCUT2D eigenvalue weighted by molar-refractivity contribution is 9.11. The van der Waals surface area contributed by atoms with Gasteiger partial charge in [0.15, 0.2) is 0 Å². The minimum atomic E-state index is -0.0242. The van der Waals surface area contributed by atoms with Gasteiger partial charge in [0.2, 0.25) is 5.91 Å². The van der Waals surface area contributed by atoms with Gasteiger partial charge < -0.3 is 10.6 Å². The number of carbonyl (C=O) groups is 1. The third-order valence-corrected chi connectivity index (χ3v) is 3.86. The summed E-state index contributed by atoms with van der Waals surface area (Å²) in [4.78, 5) is 13.9. The lowest BCUT2D eigenvalue weighted by Crippen LogP contribution is -2.34. The van der Waals surface area contributed by atoms with E-state index < -0.39 is 0 Å². The van der Waals surface area contributed by atoms with Gasteiger partial charge in [0.05, 0.1) is 12.2 Å². The molecule has 1 aromatic carbocycles. The Labute approximate surface area is 131 Å². The van der Waals surface area contributed by atoms with E-state index >= 15 is 0 Å². The maximum atomic E-state index is 12.0. The van der Waals surface area contributed by atoms with Crippen LogP contribution in [0.5, 0.6) is 0 Å². The van der Waals surface area contributed by atoms with Gasteiger partial charge in [-0.05, 0) is 70.6 Å². The fourth-order valence-electron chi connectivity index (χ4n) is 1.63. The smallest absolute Gasteiger partial charge is 0.238 e.